The molecule has 0 aliphatic heterocycles. The summed E-state index contributed by atoms with van der Waals surface area (Å²) in [7, 11) is 0. The third kappa shape index (κ3) is 4.19. The second-order valence-corrected chi connectivity index (χ2v) is 8.17. The molecule has 0 saturated heterocycles. The Morgan fingerprint density at radius 1 is 1.11 bits per heavy atom. The Labute approximate surface area is 175 Å². The lowest BCUT2D eigenvalue weighted by Gasteiger charge is -2.07. The third-order valence-corrected chi connectivity index (χ3v) is 5.77. The van der Waals surface area contributed by atoms with E-state index in [1.165, 1.54) is 11.3 Å². The minimum Gasteiger partial charge on any atom is -0.313 e. The Morgan fingerprint density at radius 2 is 1.96 bits per heavy atom. The summed E-state index contributed by atoms with van der Waals surface area (Å²) >= 11 is 13.8. The summed E-state index contributed by atoms with van der Waals surface area (Å²) in [6.45, 7) is 4.53. The first-order chi connectivity index (χ1) is 13.5. The van der Waals surface area contributed by atoms with Crippen LogP contribution in [0.4, 0.5) is 10.9 Å². The van der Waals surface area contributed by atoms with Crippen LogP contribution in [0.2, 0.25) is 10.0 Å². The van der Waals surface area contributed by atoms with Gasteiger partial charge in [0.15, 0.2) is 5.82 Å². The second-order valence-electron chi connectivity index (χ2n) is 6.32. The molecule has 4 aromatic rings. The monoisotopic (exact) mass is 433 g/mol. The lowest BCUT2D eigenvalue weighted by Crippen LogP contribution is -2.07. The summed E-state index contributed by atoms with van der Waals surface area (Å²) in [4.78, 5) is 0. The average Bonchev–Trinajstić information content (AvgIpc) is 3.40. The maximum Gasteiger partial charge on any atom is 0.211 e. The number of aromatic nitrogens is 6. The van der Waals surface area contributed by atoms with E-state index in [-0.39, 0.29) is 6.04 Å². The summed E-state index contributed by atoms with van der Waals surface area (Å²) < 4.78 is 3.67. The van der Waals surface area contributed by atoms with Crippen LogP contribution in [0, 0.1) is 6.92 Å². The van der Waals surface area contributed by atoms with Crippen LogP contribution in [0.3, 0.4) is 0 Å². The Morgan fingerprint density at radius 3 is 2.75 bits per heavy atom. The predicted octanol–water partition coefficient (Wildman–Crippen LogP) is 4.95. The van der Waals surface area contributed by atoms with E-state index in [2.05, 4.69) is 25.7 Å². The zero-order valence-electron chi connectivity index (χ0n) is 15.2. The van der Waals surface area contributed by atoms with E-state index in [4.69, 9.17) is 23.2 Å². The minimum atomic E-state index is 0.0179. The molecular weight excluding hydrogens is 417 g/mol. The summed E-state index contributed by atoms with van der Waals surface area (Å²) in [5.41, 5.74) is 1.88. The second kappa shape index (κ2) is 7.90. The minimum absolute atomic E-state index is 0.0179. The van der Waals surface area contributed by atoms with E-state index >= 15 is 0 Å². The van der Waals surface area contributed by atoms with Gasteiger partial charge in [0.25, 0.3) is 0 Å². The molecule has 4 rings (SSSR count). The highest BCUT2D eigenvalue weighted by Crippen LogP contribution is 2.26. The maximum atomic E-state index is 6.23. The normalized spacial score (nSPS) is 12.3. The molecule has 3 heterocycles. The van der Waals surface area contributed by atoms with E-state index in [1.807, 2.05) is 49.1 Å². The number of hydrogen-bond acceptors (Lipinski definition) is 6. The Bertz CT molecular complexity index is 1100. The van der Waals surface area contributed by atoms with Gasteiger partial charge >= 0.3 is 0 Å². The maximum absolute atomic E-state index is 6.23. The molecule has 1 N–H and O–H groups in total. The zero-order chi connectivity index (χ0) is 19.7. The quantitative estimate of drug-likeness (QED) is 0.465. The van der Waals surface area contributed by atoms with Gasteiger partial charge in [0, 0.05) is 28.5 Å². The van der Waals surface area contributed by atoms with E-state index < -0.39 is 0 Å². The van der Waals surface area contributed by atoms with Crippen molar-refractivity contribution in [1.82, 2.24) is 29.8 Å². The molecule has 0 aliphatic carbocycles. The molecule has 10 heteroatoms. The standard InChI is InChI=1S/C18H17Cl2N7S/c1-11-5-8-27(24-11)12(2)17-22-23-18(28-17)21-16-6-7-26(25-16)10-13-9-14(19)3-4-15(13)20/h3-9,12H,10H2,1-2H3,(H,21,23,25). The number of rotatable bonds is 6. The van der Waals surface area contributed by atoms with Gasteiger partial charge in [-0.1, -0.05) is 34.5 Å². The highest BCUT2D eigenvalue weighted by atomic mass is 35.5. The lowest BCUT2D eigenvalue weighted by atomic mass is 10.2. The summed E-state index contributed by atoms with van der Waals surface area (Å²) in [5, 5.41) is 23.5. The fourth-order valence-electron chi connectivity index (χ4n) is 2.68. The van der Waals surface area contributed by atoms with Crippen LogP contribution in [-0.2, 0) is 6.54 Å². The number of hydrogen-bond donors (Lipinski definition) is 1. The van der Waals surface area contributed by atoms with Gasteiger partial charge in [0.2, 0.25) is 5.13 Å². The third-order valence-electron chi connectivity index (χ3n) is 4.15. The fraction of sp³-hybridized carbons (Fsp3) is 0.222. The van der Waals surface area contributed by atoms with Crippen LogP contribution >= 0.6 is 34.5 Å². The van der Waals surface area contributed by atoms with Crippen LogP contribution in [0.25, 0.3) is 0 Å². The van der Waals surface area contributed by atoms with Crippen molar-refractivity contribution >= 4 is 45.5 Å². The first kappa shape index (κ1) is 18.9. The van der Waals surface area contributed by atoms with Gasteiger partial charge < -0.3 is 5.32 Å². The van der Waals surface area contributed by atoms with E-state index in [1.54, 1.807) is 16.8 Å². The first-order valence-electron chi connectivity index (χ1n) is 8.57. The molecule has 0 bridgehead atoms. The van der Waals surface area contributed by atoms with E-state index in [0.717, 1.165) is 16.3 Å². The molecular formula is C18H17Cl2N7S. The molecule has 28 heavy (non-hydrogen) atoms. The topological polar surface area (TPSA) is 73.5 Å². The molecule has 0 spiro atoms. The molecule has 0 saturated carbocycles. The van der Waals surface area contributed by atoms with Gasteiger partial charge in [-0.05, 0) is 43.7 Å². The van der Waals surface area contributed by atoms with Gasteiger partial charge in [-0.15, -0.1) is 10.2 Å². The van der Waals surface area contributed by atoms with E-state index in [0.29, 0.717) is 27.5 Å². The van der Waals surface area contributed by atoms with Gasteiger partial charge in [-0.25, -0.2) is 0 Å². The van der Waals surface area contributed by atoms with Crippen molar-refractivity contribution in [1.29, 1.82) is 0 Å². The Balaban J connectivity index is 1.44. The lowest BCUT2D eigenvalue weighted by molar-refractivity contribution is 0.554. The van der Waals surface area contributed by atoms with Gasteiger partial charge in [-0.3, -0.25) is 9.36 Å². The smallest absolute Gasteiger partial charge is 0.211 e. The molecule has 0 fully saturated rings. The summed E-state index contributed by atoms with van der Waals surface area (Å²) in [5.74, 6) is 0.684. The molecule has 144 valence electrons. The molecule has 1 unspecified atom stereocenters. The Kier molecular flexibility index (Phi) is 5.34. The van der Waals surface area contributed by atoms with Crippen LogP contribution < -0.4 is 5.32 Å². The highest BCUT2D eigenvalue weighted by Gasteiger charge is 2.15. The van der Waals surface area contributed by atoms with Crippen molar-refractivity contribution in [2.45, 2.75) is 26.4 Å². The Hall–Kier alpha value is -2.42. The van der Waals surface area contributed by atoms with Crippen molar-refractivity contribution < 1.29 is 0 Å². The van der Waals surface area contributed by atoms with Crippen LogP contribution in [0.5, 0.6) is 0 Å². The number of halogens is 2. The van der Waals surface area contributed by atoms with Gasteiger partial charge in [-0.2, -0.15) is 10.2 Å². The van der Waals surface area contributed by atoms with E-state index in [9.17, 15) is 0 Å². The zero-order valence-corrected chi connectivity index (χ0v) is 17.5. The first-order valence-corrected chi connectivity index (χ1v) is 10.1. The van der Waals surface area contributed by atoms with Crippen molar-refractivity contribution in [3.63, 3.8) is 0 Å². The van der Waals surface area contributed by atoms with Gasteiger partial charge in [0.05, 0.1) is 12.2 Å². The summed E-state index contributed by atoms with van der Waals surface area (Å²) in [6, 6.07) is 9.25. The van der Waals surface area contributed by atoms with Crippen molar-refractivity contribution in [2.24, 2.45) is 0 Å². The fourth-order valence-corrected chi connectivity index (χ4v) is 3.85. The number of nitrogens with one attached hydrogen (secondary N) is 1. The SMILES string of the molecule is Cc1ccn(C(C)c2nnc(Nc3ccn(Cc4cc(Cl)ccc4Cl)n3)s2)n1. The number of benzene rings is 1. The molecule has 1 aromatic carbocycles. The molecule has 0 aliphatic rings. The number of nitrogens with zero attached hydrogens (tertiary/aromatic N) is 6. The van der Waals surface area contributed by atoms with Crippen molar-refractivity contribution in [3.05, 3.63) is 69.0 Å². The van der Waals surface area contributed by atoms with Crippen molar-refractivity contribution in [2.75, 3.05) is 5.32 Å². The van der Waals surface area contributed by atoms with Crippen molar-refractivity contribution in [3.8, 4) is 0 Å². The largest absolute Gasteiger partial charge is 0.313 e. The molecule has 1 atom stereocenters. The van der Waals surface area contributed by atoms with Crippen LogP contribution in [-0.4, -0.2) is 29.8 Å². The average molecular weight is 434 g/mol. The molecule has 0 radical (unpaired) electrons. The summed E-state index contributed by atoms with van der Waals surface area (Å²) in [6.07, 6.45) is 3.81. The predicted molar refractivity (Wildman–Crippen MR) is 112 cm³/mol. The molecule has 0 amide bonds. The van der Waals surface area contributed by atoms with Crippen LogP contribution in [0.15, 0.2) is 42.7 Å². The number of aryl methyl sites for hydroxylation is 1. The number of anilines is 2. The molecule has 3 aromatic heterocycles. The van der Waals surface area contributed by atoms with Crippen LogP contribution in [0.1, 0.15) is 29.2 Å². The van der Waals surface area contributed by atoms with Gasteiger partial charge in [0.1, 0.15) is 11.0 Å². The highest BCUT2D eigenvalue weighted by molar-refractivity contribution is 7.15. The molecule has 7 nitrogen and oxygen atoms in total.